The zero-order valence-electron chi connectivity index (χ0n) is 13.4. The summed E-state index contributed by atoms with van der Waals surface area (Å²) >= 11 is 0. The fourth-order valence-electron chi connectivity index (χ4n) is 2.29. The molecule has 4 nitrogen and oxygen atoms in total. The van der Waals surface area contributed by atoms with Crippen LogP contribution in [0.4, 0.5) is 0 Å². The van der Waals surface area contributed by atoms with Crippen LogP contribution in [0, 0.1) is 0 Å². The molecule has 4 heteroatoms. The Bertz CT molecular complexity index is 283. The van der Waals surface area contributed by atoms with Gasteiger partial charge in [0.05, 0.1) is 13.2 Å². The third-order valence-corrected chi connectivity index (χ3v) is 3.45. The highest BCUT2D eigenvalue weighted by atomic mass is 16.7. The maximum absolute atomic E-state index is 11.1. The molecule has 0 amide bonds. The molecule has 0 radical (unpaired) electrons. The standard InChI is InChI=1S/C17H30O4/c1-2-19-16(18)12-8-6-4-3-5-7-10-14-20-17-13-9-11-15-21-17/h5,7,17H,2-4,6,8-15H2,1H3. The fraction of sp³-hybridized carbons (Fsp3) is 0.824. The first-order valence-corrected chi connectivity index (χ1v) is 8.36. The van der Waals surface area contributed by atoms with Crippen LogP contribution in [0.2, 0.25) is 0 Å². The van der Waals surface area contributed by atoms with Gasteiger partial charge < -0.3 is 14.2 Å². The molecule has 1 aliphatic heterocycles. The van der Waals surface area contributed by atoms with Crippen LogP contribution in [0.3, 0.4) is 0 Å². The van der Waals surface area contributed by atoms with Crippen LogP contribution in [-0.4, -0.2) is 32.1 Å². The third kappa shape index (κ3) is 10.5. The van der Waals surface area contributed by atoms with Crippen LogP contribution < -0.4 is 0 Å². The Labute approximate surface area is 128 Å². The molecular formula is C17H30O4. The van der Waals surface area contributed by atoms with E-state index in [0.29, 0.717) is 13.0 Å². The lowest BCUT2D eigenvalue weighted by Gasteiger charge is -2.22. The Morgan fingerprint density at radius 3 is 2.81 bits per heavy atom. The highest BCUT2D eigenvalue weighted by Gasteiger charge is 2.12. The topological polar surface area (TPSA) is 44.8 Å². The molecule has 122 valence electrons. The Morgan fingerprint density at radius 1 is 1.19 bits per heavy atom. The quantitative estimate of drug-likeness (QED) is 0.329. The number of carbonyl (C=O) groups excluding carboxylic acids is 1. The van der Waals surface area contributed by atoms with Crippen LogP contribution in [0.15, 0.2) is 12.2 Å². The summed E-state index contributed by atoms with van der Waals surface area (Å²) in [7, 11) is 0. The Kier molecular flexibility index (Phi) is 11.1. The summed E-state index contributed by atoms with van der Waals surface area (Å²) in [5, 5.41) is 0. The van der Waals surface area contributed by atoms with E-state index in [1.54, 1.807) is 0 Å². The highest BCUT2D eigenvalue weighted by molar-refractivity contribution is 5.69. The van der Waals surface area contributed by atoms with Crippen LogP contribution >= 0.6 is 0 Å². The fourth-order valence-corrected chi connectivity index (χ4v) is 2.29. The first-order chi connectivity index (χ1) is 10.3. The number of ether oxygens (including phenoxy) is 3. The zero-order valence-corrected chi connectivity index (χ0v) is 13.4. The molecule has 0 aliphatic carbocycles. The lowest BCUT2D eigenvalue weighted by Crippen LogP contribution is -2.22. The van der Waals surface area contributed by atoms with Gasteiger partial charge in [0, 0.05) is 13.0 Å². The van der Waals surface area contributed by atoms with Crippen molar-refractivity contribution in [2.75, 3.05) is 19.8 Å². The number of hydrogen-bond donors (Lipinski definition) is 0. The smallest absolute Gasteiger partial charge is 0.305 e. The van der Waals surface area contributed by atoms with Gasteiger partial charge in [-0.3, -0.25) is 4.79 Å². The van der Waals surface area contributed by atoms with E-state index in [9.17, 15) is 4.79 Å². The van der Waals surface area contributed by atoms with Gasteiger partial charge in [0.2, 0.25) is 0 Å². The molecule has 21 heavy (non-hydrogen) atoms. The molecule has 0 aromatic heterocycles. The number of allylic oxidation sites excluding steroid dienone is 1. The molecule has 0 bridgehead atoms. The summed E-state index contributed by atoms with van der Waals surface area (Å²) in [5.74, 6) is -0.0740. The maximum atomic E-state index is 11.1. The molecule has 1 heterocycles. The van der Waals surface area contributed by atoms with Gasteiger partial charge in [-0.05, 0) is 51.9 Å². The summed E-state index contributed by atoms with van der Waals surface area (Å²) in [6.07, 6.45) is 13.5. The number of hydrogen-bond acceptors (Lipinski definition) is 4. The molecule has 1 atom stereocenters. The van der Waals surface area contributed by atoms with Crippen molar-refractivity contribution in [2.45, 2.75) is 71.0 Å². The molecule has 1 saturated heterocycles. The lowest BCUT2D eigenvalue weighted by atomic mass is 10.1. The number of rotatable bonds is 11. The van der Waals surface area contributed by atoms with Crippen molar-refractivity contribution < 1.29 is 19.0 Å². The summed E-state index contributed by atoms with van der Waals surface area (Å²) < 4.78 is 16.0. The molecule has 0 saturated carbocycles. The summed E-state index contributed by atoms with van der Waals surface area (Å²) in [6.45, 7) is 3.90. The summed E-state index contributed by atoms with van der Waals surface area (Å²) in [6, 6.07) is 0. The second-order valence-corrected chi connectivity index (χ2v) is 5.33. The van der Waals surface area contributed by atoms with Crippen LogP contribution in [-0.2, 0) is 19.0 Å². The van der Waals surface area contributed by atoms with Crippen LogP contribution in [0.5, 0.6) is 0 Å². The van der Waals surface area contributed by atoms with Gasteiger partial charge >= 0.3 is 5.97 Å². The van der Waals surface area contributed by atoms with Crippen LogP contribution in [0.1, 0.15) is 64.7 Å². The highest BCUT2D eigenvalue weighted by Crippen LogP contribution is 2.13. The molecule has 0 aromatic carbocycles. The molecule has 0 aromatic rings. The largest absolute Gasteiger partial charge is 0.466 e. The third-order valence-electron chi connectivity index (χ3n) is 3.45. The van der Waals surface area contributed by atoms with Crippen molar-refractivity contribution in [3.63, 3.8) is 0 Å². The van der Waals surface area contributed by atoms with E-state index in [2.05, 4.69) is 12.2 Å². The van der Waals surface area contributed by atoms with Gasteiger partial charge in [0.25, 0.3) is 0 Å². The summed E-state index contributed by atoms with van der Waals surface area (Å²) in [4.78, 5) is 11.1. The molecule has 1 aliphatic rings. The SMILES string of the molecule is CCOC(=O)CCCCCC=CCCOC1CCCCO1. The number of unbranched alkanes of at least 4 members (excludes halogenated alkanes) is 3. The Hall–Kier alpha value is -0.870. The van der Waals surface area contributed by atoms with Gasteiger partial charge in [-0.25, -0.2) is 0 Å². The second kappa shape index (κ2) is 12.8. The molecule has 1 rings (SSSR count). The average molecular weight is 298 g/mol. The van der Waals surface area contributed by atoms with Gasteiger partial charge in [-0.1, -0.05) is 18.6 Å². The number of esters is 1. The molecule has 1 unspecified atom stereocenters. The molecule has 1 fully saturated rings. The maximum Gasteiger partial charge on any atom is 0.305 e. The first kappa shape index (κ1) is 18.2. The van der Waals surface area contributed by atoms with Gasteiger partial charge in [-0.15, -0.1) is 0 Å². The molecule has 0 N–H and O–H groups in total. The van der Waals surface area contributed by atoms with Gasteiger partial charge in [0.15, 0.2) is 6.29 Å². The van der Waals surface area contributed by atoms with Crippen LogP contribution in [0.25, 0.3) is 0 Å². The predicted octanol–water partition coefficient (Wildman–Crippen LogP) is 3.99. The van der Waals surface area contributed by atoms with E-state index in [1.165, 1.54) is 6.42 Å². The average Bonchev–Trinajstić information content (AvgIpc) is 2.50. The van der Waals surface area contributed by atoms with E-state index in [-0.39, 0.29) is 12.3 Å². The minimum atomic E-state index is -0.0740. The van der Waals surface area contributed by atoms with E-state index < -0.39 is 0 Å². The van der Waals surface area contributed by atoms with Gasteiger partial charge in [0.1, 0.15) is 0 Å². The van der Waals surface area contributed by atoms with E-state index in [4.69, 9.17) is 14.2 Å². The first-order valence-electron chi connectivity index (χ1n) is 8.36. The van der Waals surface area contributed by atoms with E-state index >= 15 is 0 Å². The Balaban J connectivity index is 1.83. The van der Waals surface area contributed by atoms with Crippen molar-refractivity contribution in [1.82, 2.24) is 0 Å². The molecular weight excluding hydrogens is 268 g/mol. The normalized spacial score (nSPS) is 19.0. The lowest BCUT2D eigenvalue weighted by molar-refractivity contribution is -0.161. The minimum Gasteiger partial charge on any atom is -0.466 e. The van der Waals surface area contributed by atoms with Crippen molar-refractivity contribution in [3.8, 4) is 0 Å². The van der Waals surface area contributed by atoms with Crippen molar-refractivity contribution in [3.05, 3.63) is 12.2 Å². The van der Waals surface area contributed by atoms with Crippen molar-refractivity contribution >= 4 is 5.97 Å². The predicted molar refractivity (Wildman–Crippen MR) is 83.0 cm³/mol. The Morgan fingerprint density at radius 2 is 2.05 bits per heavy atom. The van der Waals surface area contributed by atoms with Gasteiger partial charge in [-0.2, -0.15) is 0 Å². The van der Waals surface area contributed by atoms with Crippen molar-refractivity contribution in [1.29, 1.82) is 0 Å². The molecule has 0 spiro atoms. The van der Waals surface area contributed by atoms with E-state index in [0.717, 1.165) is 58.2 Å². The minimum absolute atomic E-state index is 0.0232. The second-order valence-electron chi connectivity index (χ2n) is 5.33. The zero-order chi connectivity index (χ0) is 15.2. The van der Waals surface area contributed by atoms with E-state index in [1.807, 2.05) is 6.92 Å². The monoisotopic (exact) mass is 298 g/mol. The number of carbonyl (C=O) groups is 1. The van der Waals surface area contributed by atoms with Crippen molar-refractivity contribution in [2.24, 2.45) is 0 Å². The summed E-state index contributed by atoms with van der Waals surface area (Å²) in [5.41, 5.74) is 0.